The lowest BCUT2D eigenvalue weighted by atomic mass is 10.1. The molecule has 2 amide bonds. The summed E-state index contributed by atoms with van der Waals surface area (Å²) >= 11 is 0. The Labute approximate surface area is 138 Å². The van der Waals surface area contributed by atoms with E-state index in [4.69, 9.17) is 4.74 Å². The second-order valence-electron chi connectivity index (χ2n) is 5.46. The van der Waals surface area contributed by atoms with E-state index in [9.17, 15) is 4.79 Å². The number of carbonyl (C=O) groups is 1. The Balaban J connectivity index is 1.75. The molecule has 0 spiro atoms. The van der Waals surface area contributed by atoms with Gasteiger partial charge in [-0.3, -0.25) is 0 Å². The van der Waals surface area contributed by atoms with E-state index in [0.29, 0.717) is 13.2 Å². The van der Waals surface area contributed by atoms with Crippen LogP contribution in [-0.2, 0) is 6.42 Å². The van der Waals surface area contributed by atoms with Crippen molar-refractivity contribution in [2.45, 2.75) is 19.8 Å². The van der Waals surface area contributed by atoms with E-state index >= 15 is 0 Å². The molecule has 4 nitrogen and oxygen atoms in total. The van der Waals surface area contributed by atoms with Gasteiger partial charge in [-0.1, -0.05) is 43.7 Å². The topological polar surface area (TPSA) is 41.6 Å². The number of anilines is 1. The molecule has 0 aliphatic rings. The first-order valence-corrected chi connectivity index (χ1v) is 7.98. The van der Waals surface area contributed by atoms with Crippen molar-refractivity contribution in [2.24, 2.45) is 0 Å². The van der Waals surface area contributed by atoms with E-state index < -0.39 is 0 Å². The summed E-state index contributed by atoms with van der Waals surface area (Å²) in [6.07, 6.45) is 2.18. The molecular weight excluding hydrogens is 288 g/mol. The lowest BCUT2D eigenvalue weighted by molar-refractivity contribution is 0.207. The number of hydrogen-bond donors (Lipinski definition) is 1. The second-order valence-corrected chi connectivity index (χ2v) is 5.46. The molecule has 0 heterocycles. The summed E-state index contributed by atoms with van der Waals surface area (Å²) < 4.78 is 5.60. The zero-order chi connectivity index (χ0) is 16.5. The molecule has 0 saturated carbocycles. The molecule has 122 valence electrons. The Morgan fingerprint density at radius 1 is 1.09 bits per heavy atom. The van der Waals surface area contributed by atoms with Gasteiger partial charge in [0.05, 0.1) is 6.54 Å². The van der Waals surface area contributed by atoms with E-state index in [1.807, 2.05) is 42.5 Å². The first kappa shape index (κ1) is 16.9. The zero-order valence-electron chi connectivity index (χ0n) is 13.8. The molecule has 0 atom stereocenters. The molecule has 2 aromatic rings. The van der Waals surface area contributed by atoms with Gasteiger partial charge in [0.15, 0.2) is 0 Å². The summed E-state index contributed by atoms with van der Waals surface area (Å²) in [7, 11) is 1.76. The first-order chi connectivity index (χ1) is 11.2. The van der Waals surface area contributed by atoms with Crippen LogP contribution in [0.5, 0.6) is 5.75 Å². The largest absolute Gasteiger partial charge is 0.492 e. The molecule has 0 aliphatic carbocycles. The third-order valence-corrected chi connectivity index (χ3v) is 3.53. The van der Waals surface area contributed by atoms with Gasteiger partial charge in [0.25, 0.3) is 0 Å². The smallest absolute Gasteiger partial charge is 0.321 e. The fourth-order valence-corrected chi connectivity index (χ4v) is 2.18. The van der Waals surface area contributed by atoms with Crippen molar-refractivity contribution in [1.82, 2.24) is 4.90 Å². The standard InChI is InChI=1S/C19H24N2O2/c1-3-7-16-10-12-17(13-11-16)20-19(22)21(2)14-15-23-18-8-5-4-6-9-18/h4-6,8-13H,3,7,14-15H2,1-2H3,(H,20,22). The number of rotatable bonds is 7. The molecular formula is C19H24N2O2. The number of likely N-dealkylation sites (N-methyl/N-ethyl adjacent to an activating group) is 1. The van der Waals surface area contributed by atoms with Gasteiger partial charge in [0.1, 0.15) is 12.4 Å². The lowest BCUT2D eigenvalue weighted by Gasteiger charge is -2.18. The number of ether oxygens (including phenoxy) is 1. The summed E-state index contributed by atoms with van der Waals surface area (Å²) in [5.41, 5.74) is 2.10. The van der Waals surface area contributed by atoms with Crippen LogP contribution in [0.25, 0.3) is 0 Å². The number of amides is 2. The molecule has 0 aliphatic heterocycles. The number of nitrogens with one attached hydrogen (secondary N) is 1. The molecule has 2 rings (SSSR count). The Morgan fingerprint density at radius 2 is 1.78 bits per heavy atom. The Kier molecular flexibility index (Phi) is 6.48. The minimum absolute atomic E-state index is 0.134. The van der Waals surface area contributed by atoms with E-state index in [1.54, 1.807) is 11.9 Å². The molecule has 0 unspecified atom stereocenters. The van der Waals surface area contributed by atoms with Crippen molar-refractivity contribution in [1.29, 1.82) is 0 Å². The Hall–Kier alpha value is -2.49. The average Bonchev–Trinajstić information content (AvgIpc) is 2.57. The van der Waals surface area contributed by atoms with Crippen molar-refractivity contribution < 1.29 is 9.53 Å². The van der Waals surface area contributed by atoms with Gasteiger partial charge < -0.3 is 15.0 Å². The molecule has 0 bridgehead atoms. The molecule has 1 N–H and O–H groups in total. The average molecular weight is 312 g/mol. The van der Waals surface area contributed by atoms with E-state index in [1.165, 1.54) is 5.56 Å². The lowest BCUT2D eigenvalue weighted by Crippen LogP contribution is -2.34. The van der Waals surface area contributed by atoms with Crippen LogP contribution in [0.4, 0.5) is 10.5 Å². The van der Waals surface area contributed by atoms with E-state index in [-0.39, 0.29) is 6.03 Å². The van der Waals surface area contributed by atoms with Crippen molar-refractivity contribution in [3.8, 4) is 5.75 Å². The summed E-state index contributed by atoms with van der Waals surface area (Å²) in [6.45, 7) is 3.14. The fraction of sp³-hybridized carbons (Fsp3) is 0.316. The minimum atomic E-state index is -0.134. The maximum Gasteiger partial charge on any atom is 0.321 e. The van der Waals surface area contributed by atoms with Gasteiger partial charge >= 0.3 is 6.03 Å². The molecule has 0 aromatic heterocycles. The summed E-state index contributed by atoms with van der Waals surface area (Å²) in [4.78, 5) is 13.7. The summed E-state index contributed by atoms with van der Waals surface area (Å²) in [5.74, 6) is 0.813. The minimum Gasteiger partial charge on any atom is -0.492 e. The highest BCUT2D eigenvalue weighted by molar-refractivity contribution is 5.89. The maximum absolute atomic E-state index is 12.1. The van der Waals surface area contributed by atoms with Gasteiger partial charge in [-0.15, -0.1) is 0 Å². The number of para-hydroxylation sites is 1. The van der Waals surface area contributed by atoms with Crippen molar-refractivity contribution in [3.05, 3.63) is 60.2 Å². The van der Waals surface area contributed by atoms with Gasteiger partial charge in [-0.05, 0) is 36.2 Å². The van der Waals surface area contributed by atoms with Gasteiger partial charge in [0.2, 0.25) is 0 Å². The predicted molar refractivity (Wildman–Crippen MR) is 94.0 cm³/mol. The van der Waals surface area contributed by atoms with Crippen LogP contribution in [0.15, 0.2) is 54.6 Å². The van der Waals surface area contributed by atoms with Crippen molar-refractivity contribution in [2.75, 3.05) is 25.5 Å². The summed E-state index contributed by atoms with van der Waals surface area (Å²) in [6, 6.07) is 17.4. The molecule has 0 radical (unpaired) electrons. The molecule has 0 saturated heterocycles. The van der Waals surface area contributed by atoms with E-state index in [2.05, 4.69) is 24.4 Å². The first-order valence-electron chi connectivity index (χ1n) is 7.98. The monoisotopic (exact) mass is 312 g/mol. The van der Waals surface area contributed by atoms with Gasteiger partial charge in [0, 0.05) is 12.7 Å². The predicted octanol–water partition coefficient (Wildman–Crippen LogP) is 4.18. The van der Waals surface area contributed by atoms with Crippen LogP contribution in [-0.4, -0.2) is 31.1 Å². The number of carbonyl (C=O) groups excluding carboxylic acids is 1. The number of benzene rings is 2. The quantitative estimate of drug-likeness (QED) is 0.833. The van der Waals surface area contributed by atoms with Gasteiger partial charge in [-0.25, -0.2) is 4.79 Å². The third-order valence-electron chi connectivity index (χ3n) is 3.53. The van der Waals surface area contributed by atoms with Gasteiger partial charge in [-0.2, -0.15) is 0 Å². The third kappa shape index (κ3) is 5.66. The number of hydrogen-bond acceptors (Lipinski definition) is 2. The number of urea groups is 1. The SMILES string of the molecule is CCCc1ccc(NC(=O)N(C)CCOc2ccccc2)cc1. The molecule has 0 fully saturated rings. The van der Waals surface area contributed by atoms with E-state index in [0.717, 1.165) is 24.3 Å². The Morgan fingerprint density at radius 3 is 2.43 bits per heavy atom. The van der Waals surface area contributed by atoms with Crippen molar-refractivity contribution in [3.63, 3.8) is 0 Å². The molecule has 2 aromatic carbocycles. The van der Waals surface area contributed by atoms with Crippen LogP contribution in [0.3, 0.4) is 0 Å². The highest BCUT2D eigenvalue weighted by atomic mass is 16.5. The highest BCUT2D eigenvalue weighted by Gasteiger charge is 2.08. The van der Waals surface area contributed by atoms with Crippen LogP contribution < -0.4 is 10.1 Å². The van der Waals surface area contributed by atoms with Crippen LogP contribution >= 0.6 is 0 Å². The normalized spacial score (nSPS) is 10.2. The van der Waals surface area contributed by atoms with Crippen LogP contribution in [0.2, 0.25) is 0 Å². The second kappa shape index (κ2) is 8.83. The maximum atomic E-state index is 12.1. The van der Waals surface area contributed by atoms with Crippen molar-refractivity contribution >= 4 is 11.7 Å². The summed E-state index contributed by atoms with van der Waals surface area (Å²) in [5, 5.41) is 2.89. The zero-order valence-corrected chi connectivity index (χ0v) is 13.8. The fourth-order valence-electron chi connectivity index (χ4n) is 2.18. The van der Waals surface area contributed by atoms with Crippen LogP contribution in [0.1, 0.15) is 18.9 Å². The molecule has 23 heavy (non-hydrogen) atoms. The van der Waals surface area contributed by atoms with Crippen LogP contribution in [0, 0.1) is 0 Å². The number of aryl methyl sites for hydroxylation is 1. The number of nitrogens with zero attached hydrogens (tertiary/aromatic N) is 1. The Bertz CT molecular complexity index is 597. The molecule has 4 heteroatoms. The highest BCUT2D eigenvalue weighted by Crippen LogP contribution is 2.12.